The number of halogens is 1. The van der Waals surface area contributed by atoms with Crippen molar-refractivity contribution in [3.63, 3.8) is 0 Å². The Morgan fingerprint density at radius 3 is 2.32 bits per heavy atom. The highest BCUT2D eigenvalue weighted by Gasteiger charge is 2.28. The molecule has 0 saturated heterocycles. The van der Waals surface area contributed by atoms with Crippen molar-refractivity contribution in [3.8, 4) is 0 Å². The molecule has 2 N–H and O–H groups in total. The summed E-state index contributed by atoms with van der Waals surface area (Å²) >= 11 is 1.67. The summed E-state index contributed by atoms with van der Waals surface area (Å²) in [5.41, 5.74) is 0. The first-order chi connectivity index (χ1) is 11.7. The topological polar surface area (TPSA) is 70.6 Å². The van der Waals surface area contributed by atoms with Gasteiger partial charge >= 0.3 is 0 Å². The highest BCUT2D eigenvalue weighted by atomic mass is 32.2. The van der Waals surface area contributed by atoms with Gasteiger partial charge in [0.1, 0.15) is 5.82 Å². The van der Waals surface area contributed by atoms with E-state index in [2.05, 4.69) is 15.6 Å². The van der Waals surface area contributed by atoms with Crippen molar-refractivity contribution in [2.45, 2.75) is 36.8 Å². The van der Waals surface area contributed by atoms with Gasteiger partial charge in [0, 0.05) is 25.0 Å². The van der Waals surface area contributed by atoms with E-state index in [9.17, 15) is 12.8 Å². The molecule has 0 heterocycles. The molecule has 1 aromatic rings. The van der Waals surface area contributed by atoms with Crippen LogP contribution < -0.4 is 10.6 Å². The van der Waals surface area contributed by atoms with E-state index >= 15 is 0 Å². The van der Waals surface area contributed by atoms with Crippen LogP contribution in [0.1, 0.15) is 27.2 Å². The van der Waals surface area contributed by atoms with Gasteiger partial charge in [-0.2, -0.15) is 0 Å². The maximum Gasteiger partial charge on any atom is 0.191 e. The second kappa shape index (κ2) is 10.0. The first kappa shape index (κ1) is 21.8. The summed E-state index contributed by atoms with van der Waals surface area (Å²) in [6, 6.07) is 6.45. The van der Waals surface area contributed by atoms with Gasteiger partial charge in [-0.05, 0) is 57.2 Å². The van der Waals surface area contributed by atoms with E-state index in [0.29, 0.717) is 12.5 Å². The average Bonchev–Trinajstić information content (AvgIpc) is 2.53. The number of guanidine groups is 1. The monoisotopic (exact) mass is 389 g/mol. The minimum absolute atomic E-state index is 0.0671. The summed E-state index contributed by atoms with van der Waals surface area (Å²) < 4.78 is 36.2. The summed E-state index contributed by atoms with van der Waals surface area (Å²) in [5.74, 6) is 1.33. The zero-order valence-corrected chi connectivity index (χ0v) is 16.9. The molecule has 0 aromatic heterocycles. The van der Waals surface area contributed by atoms with Gasteiger partial charge in [0.2, 0.25) is 0 Å². The van der Waals surface area contributed by atoms with E-state index in [0.717, 1.165) is 23.6 Å². The quantitative estimate of drug-likeness (QED) is 0.310. The minimum Gasteiger partial charge on any atom is -0.356 e. The molecular weight excluding hydrogens is 361 g/mol. The van der Waals surface area contributed by atoms with E-state index < -0.39 is 14.6 Å². The molecule has 5 nitrogen and oxygen atoms in total. The van der Waals surface area contributed by atoms with Crippen molar-refractivity contribution in [2.24, 2.45) is 4.99 Å². The highest BCUT2D eigenvalue weighted by Crippen LogP contribution is 2.18. The maximum atomic E-state index is 12.8. The van der Waals surface area contributed by atoms with Crippen molar-refractivity contribution in [1.82, 2.24) is 10.6 Å². The molecule has 0 fully saturated rings. The van der Waals surface area contributed by atoms with Gasteiger partial charge < -0.3 is 10.6 Å². The number of hydrogen-bond acceptors (Lipinski definition) is 4. The SMILES string of the molecule is CN=C(NCCCSc1ccc(F)cc1)NCCS(=O)(=O)C(C)(C)C. The van der Waals surface area contributed by atoms with Crippen LogP contribution in [0.4, 0.5) is 4.39 Å². The number of thioether (sulfide) groups is 1. The molecule has 0 aliphatic carbocycles. The van der Waals surface area contributed by atoms with E-state index in [1.807, 2.05) is 0 Å². The van der Waals surface area contributed by atoms with Crippen LogP contribution in [0.5, 0.6) is 0 Å². The second-order valence-electron chi connectivity index (χ2n) is 6.51. The summed E-state index contributed by atoms with van der Waals surface area (Å²) in [6.07, 6.45) is 0.906. The number of hydrogen-bond donors (Lipinski definition) is 2. The van der Waals surface area contributed by atoms with Crippen molar-refractivity contribution in [2.75, 3.05) is 31.6 Å². The molecule has 0 amide bonds. The lowest BCUT2D eigenvalue weighted by Gasteiger charge is -2.19. The molecule has 0 saturated carbocycles. The van der Waals surface area contributed by atoms with Crippen LogP contribution in [-0.2, 0) is 9.84 Å². The van der Waals surface area contributed by atoms with Crippen LogP contribution >= 0.6 is 11.8 Å². The lowest BCUT2D eigenvalue weighted by Crippen LogP contribution is -2.42. The Labute approximate surface area is 154 Å². The maximum absolute atomic E-state index is 12.8. The number of benzene rings is 1. The van der Waals surface area contributed by atoms with Crippen molar-refractivity contribution >= 4 is 27.6 Å². The molecular formula is C17H28FN3O2S2. The van der Waals surface area contributed by atoms with Gasteiger partial charge in [0.25, 0.3) is 0 Å². The molecule has 1 rings (SSSR count). The predicted molar refractivity (Wildman–Crippen MR) is 105 cm³/mol. The molecule has 0 radical (unpaired) electrons. The Kier molecular flexibility index (Phi) is 8.71. The molecule has 0 atom stereocenters. The lowest BCUT2D eigenvalue weighted by atomic mass is 10.3. The number of rotatable bonds is 8. The Bertz CT molecular complexity index is 653. The van der Waals surface area contributed by atoms with E-state index in [4.69, 9.17) is 0 Å². The zero-order valence-electron chi connectivity index (χ0n) is 15.3. The molecule has 0 bridgehead atoms. The molecule has 1 aromatic carbocycles. The average molecular weight is 390 g/mol. The van der Waals surface area contributed by atoms with Crippen LogP contribution in [0.25, 0.3) is 0 Å². The molecule has 0 aliphatic rings. The van der Waals surface area contributed by atoms with Crippen LogP contribution in [0.2, 0.25) is 0 Å². The number of sulfone groups is 1. The van der Waals surface area contributed by atoms with Gasteiger partial charge in [-0.25, -0.2) is 12.8 Å². The lowest BCUT2D eigenvalue weighted by molar-refractivity contribution is 0.559. The third-order valence-corrected chi connectivity index (χ3v) is 7.22. The third kappa shape index (κ3) is 8.09. The number of aliphatic imine (C=N–C) groups is 1. The van der Waals surface area contributed by atoms with Gasteiger partial charge in [0.05, 0.1) is 10.5 Å². The highest BCUT2D eigenvalue weighted by molar-refractivity contribution is 7.99. The minimum atomic E-state index is -3.14. The normalized spacial score (nSPS) is 12.9. The Balaban J connectivity index is 2.23. The molecule has 8 heteroatoms. The Morgan fingerprint density at radius 1 is 1.16 bits per heavy atom. The summed E-state index contributed by atoms with van der Waals surface area (Å²) in [4.78, 5) is 5.12. The van der Waals surface area contributed by atoms with Crippen molar-refractivity contribution in [1.29, 1.82) is 0 Å². The summed E-state index contributed by atoms with van der Waals surface area (Å²) in [6.45, 7) is 6.15. The van der Waals surface area contributed by atoms with Crippen LogP contribution in [0.3, 0.4) is 0 Å². The van der Waals surface area contributed by atoms with E-state index in [1.165, 1.54) is 12.1 Å². The first-order valence-corrected chi connectivity index (χ1v) is 10.8. The Hall–Kier alpha value is -1.28. The fourth-order valence-electron chi connectivity index (χ4n) is 1.83. The van der Waals surface area contributed by atoms with Gasteiger partial charge in [0.15, 0.2) is 15.8 Å². The smallest absolute Gasteiger partial charge is 0.191 e. The van der Waals surface area contributed by atoms with Gasteiger partial charge in [-0.1, -0.05) is 0 Å². The van der Waals surface area contributed by atoms with E-state index in [-0.39, 0.29) is 11.6 Å². The molecule has 25 heavy (non-hydrogen) atoms. The van der Waals surface area contributed by atoms with Crippen LogP contribution in [0, 0.1) is 5.82 Å². The molecule has 0 aliphatic heterocycles. The van der Waals surface area contributed by atoms with Crippen LogP contribution in [0.15, 0.2) is 34.2 Å². The second-order valence-corrected chi connectivity index (χ2v) is 10.5. The molecule has 0 spiro atoms. The summed E-state index contributed by atoms with van der Waals surface area (Å²) in [7, 11) is -1.49. The fraction of sp³-hybridized carbons (Fsp3) is 0.588. The molecule has 0 unspecified atom stereocenters. The van der Waals surface area contributed by atoms with Crippen LogP contribution in [-0.4, -0.2) is 50.8 Å². The predicted octanol–water partition coefficient (Wildman–Crippen LogP) is 2.69. The van der Waals surface area contributed by atoms with Crippen molar-refractivity contribution < 1.29 is 12.8 Å². The number of nitrogens with one attached hydrogen (secondary N) is 2. The fourth-order valence-corrected chi connectivity index (χ4v) is 3.67. The summed E-state index contributed by atoms with van der Waals surface area (Å²) in [5, 5.41) is 6.18. The van der Waals surface area contributed by atoms with Gasteiger partial charge in [-0.15, -0.1) is 11.8 Å². The standard InChI is InChI=1S/C17H28FN3O2S2/c1-17(2,3)25(22,23)13-11-21-16(19-4)20-10-5-12-24-15-8-6-14(18)7-9-15/h6-9H,5,10-13H2,1-4H3,(H2,19,20,21). The van der Waals surface area contributed by atoms with E-state index in [1.54, 1.807) is 51.7 Å². The first-order valence-electron chi connectivity index (χ1n) is 8.21. The van der Waals surface area contributed by atoms with Crippen molar-refractivity contribution in [3.05, 3.63) is 30.1 Å². The molecule has 142 valence electrons. The third-order valence-electron chi connectivity index (χ3n) is 3.52. The number of nitrogens with zero attached hydrogens (tertiary/aromatic N) is 1. The Morgan fingerprint density at radius 2 is 1.76 bits per heavy atom. The van der Waals surface area contributed by atoms with Gasteiger partial charge in [-0.3, -0.25) is 4.99 Å². The zero-order chi connectivity index (χ0) is 18.9. The largest absolute Gasteiger partial charge is 0.356 e.